The molecule has 7 nitrogen and oxygen atoms in total. The van der Waals surface area contributed by atoms with Crippen molar-refractivity contribution in [1.82, 2.24) is 13.9 Å². The van der Waals surface area contributed by atoms with Crippen LogP contribution in [0.15, 0.2) is 18.2 Å². The Kier molecular flexibility index (Phi) is 4.54. The quantitative estimate of drug-likeness (QED) is 0.893. The Hall–Kier alpha value is -1.64. The van der Waals surface area contributed by atoms with Gasteiger partial charge in [0.15, 0.2) is 0 Å². The van der Waals surface area contributed by atoms with E-state index >= 15 is 0 Å². The van der Waals surface area contributed by atoms with Crippen LogP contribution in [0, 0.1) is 5.92 Å². The first-order valence-corrected chi connectivity index (χ1v) is 9.86. The predicted molar refractivity (Wildman–Crippen MR) is 93.5 cm³/mol. The van der Waals surface area contributed by atoms with E-state index in [1.165, 1.54) is 10.6 Å². The summed E-state index contributed by atoms with van der Waals surface area (Å²) in [6.45, 7) is 0.674. The molecule has 0 unspecified atom stereocenters. The molecule has 3 rings (SSSR count). The fourth-order valence-corrected chi connectivity index (χ4v) is 4.03. The second kappa shape index (κ2) is 6.34. The summed E-state index contributed by atoms with van der Waals surface area (Å²) in [6, 6.07) is 5.34. The monoisotopic (exact) mass is 370 g/mol. The number of hydrogen-bond donors (Lipinski definition) is 1. The minimum atomic E-state index is -3.28. The zero-order chi connectivity index (χ0) is 17.5. The van der Waals surface area contributed by atoms with Crippen molar-refractivity contribution in [3.8, 4) is 0 Å². The molecule has 0 spiro atoms. The highest BCUT2D eigenvalue weighted by atomic mass is 35.5. The first-order valence-electron chi connectivity index (χ1n) is 7.63. The van der Waals surface area contributed by atoms with E-state index in [0.29, 0.717) is 35.9 Å². The minimum absolute atomic E-state index is 0.209. The number of aryl methyl sites for hydroxylation is 1. The number of fused-ring (bicyclic) bond motifs is 1. The predicted octanol–water partition coefficient (Wildman–Crippen LogP) is 1.84. The normalized spacial score (nSPS) is 19.5. The van der Waals surface area contributed by atoms with Gasteiger partial charge in [-0.25, -0.2) is 17.7 Å². The molecule has 24 heavy (non-hydrogen) atoms. The Morgan fingerprint density at radius 3 is 2.88 bits per heavy atom. The smallest absolute Gasteiger partial charge is 0.231 e. The number of rotatable bonds is 3. The molecule has 0 radical (unpaired) electrons. The van der Waals surface area contributed by atoms with Crippen molar-refractivity contribution in [3.05, 3.63) is 23.2 Å². The van der Waals surface area contributed by atoms with Gasteiger partial charge < -0.3 is 4.57 Å². The van der Waals surface area contributed by atoms with Crippen LogP contribution in [-0.4, -0.2) is 47.5 Å². The van der Waals surface area contributed by atoms with Crippen LogP contribution in [0.25, 0.3) is 11.0 Å². The molecule has 0 aliphatic carbocycles. The van der Waals surface area contributed by atoms with Gasteiger partial charge in [-0.2, -0.15) is 0 Å². The van der Waals surface area contributed by atoms with Gasteiger partial charge in [0, 0.05) is 25.2 Å². The second-order valence-electron chi connectivity index (χ2n) is 6.08. The van der Waals surface area contributed by atoms with Crippen LogP contribution >= 0.6 is 11.6 Å². The van der Waals surface area contributed by atoms with E-state index < -0.39 is 10.0 Å². The molecule has 1 aromatic carbocycles. The van der Waals surface area contributed by atoms with Crippen LogP contribution in [0.4, 0.5) is 5.95 Å². The Balaban J connectivity index is 1.78. The SMILES string of the molecule is Cn1c(NC(=O)[C@@H]2CCCN(S(C)(=O)=O)C2)nc2cc(Cl)ccc21. The van der Waals surface area contributed by atoms with Gasteiger partial charge in [0.05, 0.1) is 23.2 Å². The lowest BCUT2D eigenvalue weighted by Crippen LogP contribution is -2.43. The molecule has 1 aliphatic rings. The first kappa shape index (κ1) is 17.2. The number of carbonyl (C=O) groups excluding carboxylic acids is 1. The molecule has 1 fully saturated rings. The molecule has 2 aromatic rings. The zero-order valence-electron chi connectivity index (χ0n) is 13.5. The standard InChI is InChI=1S/C15H19ClN4O3S/c1-19-13-6-5-11(16)8-12(13)17-15(19)18-14(21)10-4-3-7-20(9-10)24(2,22)23/h5-6,8,10H,3-4,7,9H2,1-2H3,(H,17,18,21)/t10-/m1/s1. The molecule has 1 amide bonds. The Labute approximate surface area is 145 Å². The highest BCUT2D eigenvalue weighted by Gasteiger charge is 2.30. The molecular weight excluding hydrogens is 352 g/mol. The second-order valence-corrected chi connectivity index (χ2v) is 8.50. The summed E-state index contributed by atoms with van der Waals surface area (Å²) in [6.07, 6.45) is 2.50. The van der Waals surface area contributed by atoms with Crippen molar-refractivity contribution < 1.29 is 13.2 Å². The van der Waals surface area contributed by atoms with Gasteiger partial charge in [-0.3, -0.25) is 10.1 Å². The molecule has 0 saturated carbocycles. The van der Waals surface area contributed by atoms with Crippen molar-refractivity contribution in [2.75, 3.05) is 24.7 Å². The first-order chi connectivity index (χ1) is 11.3. The number of anilines is 1. The van der Waals surface area contributed by atoms with Crippen molar-refractivity contribution in [3.63, 3.8) is 0 Å². The van der Waals surface area contributed by atoms with Gasteiger partial charge in [0.1, 0.15) is 0 Å². The van der Waals surface area contributed by atoms with Crippen molar-refractivity contribution in [2.45, 2.75) is 12.8 Å². The fraction of sp³-hybridized carbons (Fsp3) is 0.467. The summed E-state index contributed by atoms with van der Waals surface area (Å²) in [5.74, 6) is -0.168. The highest BCUT2D eigenvalue weighted by Crippen LogP contribution is 2.24. The molecule has 130 valence electrons. The molecule has 1 aliphatic heterocycles. The van der Waals surface area contributed by atoms with E-state index in [1.807, 2.05) is 13.1 Å². The van der Waals surface area contributed by atoms with Crippen molar-refractivity contribution in [1.29, 1.82) is 0 Å². The number of nitrogens with one attached hydrogen (secondary N) is 1. The number of sulfonamides is 1. The number of amides is 1. The third-order valence-electron chi connectivity index (χ3n) is 4.30. The van der Waals surface area contributed by atoms with E-state index in [4.69, 9.17) is 11.6 Å². The minimum Gasteiger partial charge on any atom is -0.313 e. The summed E-state index contributed by atoms with van der Waals surface area (Å²) in [7, 11) is -1.47. The molecule has 9 heteroatoms. The molecule has 2 heterocycles. The van der Waals surface area contributed by atoms with Crippen LogP contribution in [-0.2, 0) is 21.9 Å². The number of halogens is 1. The van der Waals surface area contributed by atoms with E-state index in [0.717, 1.165) is 5.52 Å². The van der Waals surface area contributed by atoms with Crippen LogP contribution in [0.1, 0.15) is 12.8 Å². The zero-order valence-corrected chi connectivity index (χ0v) is 15.1. The van der Waals surface area contributed by atoms with E-state index in [2.05, 4.69) is 10.3 Å². The average molecular weight is 371 g/mol. The summed E-state index contributed by atoms with van der Waals surface area (Å²) in [5.41, 5.74) is 1.55. The topological polar surface area (TPSA) is 84.3 Å². The lowest BCUT2D eigenvalue weighted by atomic mass is 9.99. The number of carbonyl (C=O) groups is 1. The number of nitrogens with zero attached hydrogens (tertiary/aromatic N) is 3. The largest absolute Gasteiger partial charge is 0.313 e. The fourth-order valence-electron chi connectivity index (χ4n) is 2.95. The van der Waals surface area contributed by atoms with Gasteiger partial charge in [-0.05, 0) is 31.0 Å². The van der Waals surface area contributed by atoms with Gasteiger partial charge in [-0.1, -0.05) is 11.6 Å². The number of piperidine rings is 1. The molecule has 1 aromatic heterocycles. The Bertz CT molecular complexity index is 894. The van der Waals surface area contributed by atoms with Crippen LogP contribution in [0.2, 0.25) is 5.02 Å². The highest BCUT2D eigenvalue weighted by molar-refractivity contribution is 7.88. The maximum atomic E-state index is 12.5. The number of imidazole rings is 1. The summed E-state index contributed by atoms with van der Waals surface area (Å²) < 4.78 is 26.5. The summed E-state index contributed by atoms with van der Waals surface area (Å²) in [5, 5.41) is 3.39. The molecule has 1 saturated heterocycles. The molecule has 1 atom stereocenters. The molecular formula is C15H19ClN4O3S. The van der Waals surface area contributed by atoms with Gasteiger partial charge in [0.2, 0.25) is 21.9 Å². The van der Waals surface area contributed by atoms with E-state index in [9.17, 15) is 13.2 Å². The number of benzene rings is 1. The average Bonchev–Trinajstić information content (AvgIpc) is 2.82. The number of aromatic nitrogens is 2. The lowest BCUT2D eigenvalue weighted by Gasteiger charge is -2.29. The Morgan fingerprint density at radius 1 is 1.42 bits per heavy atom. The van der Waals surface area contributed by atoms with Gasteiger partial charge in [0.25, 0.3) is 0 Å². The van der Waals surface area contributed by atoms with E-state index in [-0.39, 0.29) is 18.4 Å². The molecule has 1 N–H and O–H groups in total. The molecule has 0 bridgehead atoms. The van der Waals surface area contributed by atoms with Gasteiger partial charge in [-0.15, -0.1) is 0 Å². The summed E-state index contributed by atoms with van der Waals surface area (Å²) in [4.78, 5) is 16.9. The van der Waals surface area contributed by atoms with Crippen LogP contribution < -0.4 is 5.32 Å². The van der Waals surface area contributed by atoms with E-state index in [1.54, 1.807) is 16.7 Å². The maximum Gasteiger partial charge on any atom is 0.231 e. The Morgan fingerprint density at radius 2 is 2.17 bits per heavy atom. The number of hydrogen-bond acceptors (Lipinski definition) is 4. The van der Waals surface area contributed by atoms with Crippen molar-refractivity contribution in [2.24, 2.45) is 13.0 Å². The maximum absolute atomic E-state index is 12.5. The summed E-state index contributed by atoms with van der Waals surface area (Å²) >= 11 is 5.97. The van der Waals surface area contributed by atoms with Gasteiger partial charge >= 0.3 is 0 Å². The third-order valence-corrected chi connectivity index (χ3v) is 5.81. The third kappa shape index (κ3) is 3.40. The van der Waals surface area contributed by atoms with Crippen LogP contribution in [0.5, 0.6) is 0 Å². The van der Waals surface area contributed by atoms with Crippen LogP contribution in [0.3, 0.4) is 0 Å². The lowest BCUT2D eigenvalue weighted by molar-refractivity contribution is -0.120. The van der Waals surface area contributed by atoms with Crippen molar-refractivity contribution >= 4 is 44.5 Å².